The molecular weight excluding hydrogens is 328 g/mol. The number of morpholine rings is 1. The molecule has 0 unspecified atom stereocenters. The molecule has 6 nitrogen and oxygen atoms in total. The molecule has 1 fully saturated rings. The third-order valence-corrected chi connectivity index (χ3v) is 4.39. The zero-order chi connectivity index (χ0) is 17.8. The number of nitrogens with zero attached hydrogens (tertiary/aromatic N) is 2. The molecule has 0 spiro atoms. The fraction of sp³-hybridized carbons (Fsp3) is 0.200. The number of carbonyl (C=O) groups is 1. The Morgan fingerprint density at radius 2 is 1.77 bits per heavy atom. The summed E-state index contributed by atoms with van der Waals surface area (Å²) in [6, 6.07) is 19.4. The number of hydrogen-bond acceptors (Lipinski definition) is 4. The van der Waals surface area contributed by atoms with Crippen LogP contribution in [0.1, 0.15) is 10.5 Å². The lowest BCUT2D eigenvalue weighted by Crippen LogP contribution is -2.36. The predicted molar refractivity (Wildman–Crippen MR) is 101 cm³/mol. The van der Waals surface area contributed by atoms with Crippen molar-refractivity contribution in [3.05, 3.63) is 66.4 Å². The maximum atomic E-state index is 12.4. The minimum absolute atomic E-state index is 0.209. The van der Waals surface area contributed by atoms with Gasteiger partial charge in [0.15, 0.2) is 0 Å². The SMILES string of the molecule is O=C(Nc1ccc(N2CCOCC2)cc1)c1cc(-c2ccccc2)n[nH]1. The van der Waals surface area contributed by atoms with Crippen LogP contribution < -0.4 is 10.2 Å². The number of ether oxygens (including phenoxy) is 1. The van der Waals surface area contributed by atoms with E-state index < -0.39 is 0 Å². The highest BCUT2D eigenvalue weighted by atomic mass is 16.5. The molecule has 1 saturated heterocycles. The van der Waals surface area contributed by atoms with Crippen LogP contribution in [-0.2, 0) is 4.74 Å². The molecule has 1 amide bonds. The fourth-order valence-electron chi connectivity index (χ4n) is 2.97. The Hall–Kier alpha value is -3.12. The van der Waals surface area contributed by atoms with Crippen LogP contribution in [-0.4, -0.2) is 42.4 Å². The van der Waals surface area contributed by atoms with E-state index in [1.54, 1.807) is 6.07 Å². The van der Waals surface area contributed by atoms with Gasteiger partial charge in [0.05, 0.1) is 18.9 Å². The van der Waals surface area contributed by atoms with Crippen LogP contribution in [0.5, 0.6) is 0 Å². The summed E-state index contributed by atoms with van der Waals surface area (Å²) < 4.78 is 5.37. The second kappa shape index (κ2) is 7.41. The monoisotopic (exact) mass is 348 g/mol. The van der Waals surface area contributed by atoms with Gasteiger partial charge >= 0.3 is 0 Å². The third kappa shape index (κ3) is 3.60. The third-order valence-electron chi connectivity index (χ3n) is 4.39. The summed E-state index contributed by atoms with van der Waals surface area (Å²) in [5.41, 5.74) is 4.04. The van der Waals surface area contributed by atoms with E-state index in [1.165, 1.54) is 0 Å². The van der Waals surface area contributed by atoms with Gasteiger partial charge in [-0.25, -0.2) is 0 Å². The topological polar surface area (TPSA) is 70.2 Å². The summed E-state index contributed by atoms with van der Waals surface area (Å²) in [5, 5.41) is 9.92. The van der Waals surface area contributed by atoms with Gasteiger partial charge in [-0.05, 0) is 30.3 Å². The van der Waals surface area contributed by atoms with Crippen LogP contribution in [0.2, 0.25) is 0 Å². The van der Waals surface area contributed by atoms with Crippen LogP contribution in [0.4, 0.5) is 11.4 Å². The van der Waals surface area contributed by atoms with Crippen molar-refractivity contribution < 1.29 is 9.53 Å². The maximum absolute atomic E-state index is 12.4. The van der Waals surface area contributed by atoms with E-state index in [0.29, 0.717) is 5.69 Å². The zero-order valence-electron chi connectivity index (χ0n) is 14.3. The molecule has 0 atom stereocenters. The van der Waals surface area contributed by atoms with Crippen molar-refractivity contribution >= 4 is 17.3 Å². The van der Waals surface area contributed by atoms with E-state index in [9.17, 15) is 4.79 Å². The molecule has 0 bridgehead atoms. The van der Waals surface area contributed by atoms with Gasteiger partial charge in [-0.2, -0.15) is 5.10 Å². The van der Waals surface area contributed by atoms with Gasteiger partial charge in [0.2, 0.25) is 0 Å². The minimum atomic E-state index is -0.209. The van der Waals surface area contributed by atoms with E-state index in [4.69, 9.17) is 4.74 Å². The van der Waals surface area contributed by atoms with E-state index >= 15 is 0 Å². The fourth-order valence-corrected chi connectivity index (χ4v) is 2.97. The van der Waals surface area contributed by atoms with Crippen LogP contribution in [0.15, 0.2) is 60.7 Å². The van der Waals surface area contributed by atoms with Crippen molar-refractivity contribution in [3.8, 4) is 11.3 Å². The smallest absolute Gasteiger partial charge is 0.273 e. The average Bonchev–Trinajstić information content (AvgIpc) is 3.20. The van der Waals surface area contributed by atoms with Gasteiger partial charge in [-0.3, -0.25) is 9.89 Å². The molecule has 0 saturated carbocycles. The predicted octanol–water partition coefficient (Wildman–Crippen LogP) is 3.17. The second-order valence-electron chi connectivity index (χ2n) is 6.13. The number of rotatable bonds is 4. The van der Waals surface area contributed by atoms with E-state index in [-0.39, 0.29) is 5.91 Å². The highest BCUT2D eigenvalue weighted by Crippen LogP contribution is 2.20. The lowest BCUT2D eigenvalue weighted by atomic mass is 10.1. The van der Waals surface area contributed by atoms with Crippen LogP contribution in [0.3, 0.4) is 0 Å². The summed E-state index contributed by atoms with van der Waals surface area (Å²) in [6.07, 6.45) is 0. The Labute approximate surface area is 151 Å². The molecule has 2 heterocycles. The average molecular weight is 348 g/mol. The number of carbonyl (C=O) groups excluding carboxylic acids is 1. The molecule has 1 aliphatic rings. The first-order valence-electron chi connectivity index (χ1n) is 8.64. The lowest BCUT2D eigenvalue weighted by Gasteiger charge is -2.28. The number of aromatic nitrogens is 2. The maximum Gasteiger partial charge on any atom is 0.273 e. The second-order valence-corrected chi connectivity index (χ2v) is 6.13. The largest absolute Gasteiger partial charge is 0.378 e. The van der Waals surface area contributed by atoms with Crippen molar-refractivity contribution in [3.63, 3.8) is 0 Å². The number of nitrogens with one attached hydrogen (secondary N) is 2. The number of anilines is 2. The molecule has 132 valence electrons. The van der Waals surface area contributed by atoms with Crippen LogP contribution in [0, 0.1) is 0 Å². The molecular formula is C20H20N4O2. The molecule has 3 aromatic rings. The Morgan fingerprint density at radius 1 is 1.04 bits per heavy atom. The lowest BCUT2D eigenvalue weighted by molar-refractivity contribution is 0.102. The van der Waals surface area contributed by atoms with Crippen molar-refractivity contribution in [1.29, 1.82) is 0 Å². The Bertz CT molecular complexity index is 868. The summed E-state index contributed by atoms with van der Waals surface area (Å²) in [5.74, 6) is -0.209. The minimum Gasteiger partial charge on any atom is -0.378 e. The first kappa shape index (κ1) is 16.4. The molecule has 1 aliphatic heterocycles. The normalized spacial score (nSPS) is 14.2. The highest BCUT2D eigenvalue weighted by molar-refractivity contribution is 6.03. The number of benzene rings is 2. The number of amides is 1. The van der Waals surface area contributed by atoms with E-state index in [0.717, 1.165) is 48.9 Å². The summed E-state index contributed by atoms with van der Waals surface area (Å²) in [4.78, 5) is 14.7. The van der Waals surface area contributed by atoms with Gasteiger partial charge < -0.3 is 15.0 Å². The summed E-state index contributed by atoms with van der Waals surface area (Å²) >= 11 is 0. The summed E-state index contributed by atoms with van der Waals surface area (Å²) in [7, 11) is 0. The first-order valence-corrected chi connectivity index (χ1v) is 8.64. The van der Waals surface area contributed by atoms with E-state index in [2.05, 4.69) is 20.4 Å². The van der Waals surface area contributed by atoms with Crippen LogP contribution >= 0.6 is 0 Å². The van der Waals surface area contributed by atoms with Crippen molar-refractivity contribution in [2.45, 2.75) is 0 Å². The molecule has 1 aromatic heterocycles. The molecule has 2 N–H and O–H groups in total. The van der Waals surface area contributed by atoms with Gasteiger partial charge in [-0.1, -0.05) is 30.3 Å². The Kier molecular flexibility index (Phi) is 4.66. The Morgan fingerprint density at radius 3 is 2.50 bits per heavy atom. The van der Waals surface area contributed by atoms with Gasteiger partial charge in [0, 0.05) is 30.0 Å². The Balaban J connectivity index is 1.42. The van der Waals surface area contributed by atoms with Gasteiger partial charge in [-0.15, -0.1) is 0 Å². The summed E-state index contributed by atoms with van der Waals surface area (Å²) in [6.45, 7) is 3.29. The number of H-pyrrole nitrogens is 1. The quantitative estimate of drug-likeness (QED) is 0.760. The standard InChI is InChI=1S/C20H20N4O2/c25-20(19-14-18(22-23-19)15-4-2-1-3-5-15)21-16-6-8-17(9-7-16)24-10-12-26-13-11-24/h1-9,14H,10-13H2,(H,21,25)(H,22,23). The van der Waals surface area contributed by atoms with Gasteiger partial charge in [0.1, 0.15) is 5.69 Å². The molecule has 0 radical (unpaired) electrons. The van der Waals surface area contributed by atoms with E-state index in [1.807, 2.05) is 54.6 Å². The molecule has 2 aromatic carbocycles. The van der Waals surface area contributed by atoms with Crippen molar-refractivity contribution in [1.82, 2.24) is 10.2 Å². The molecule has 4 rings (SSSR count). The zero-order valence-corrected chi connectivity index (χ0v) is 14.3. The van der Waals surface area contributed by atoms with Gasteiger partial charge in [0.25, 0.3) is 5.91 Å². The van der Waals surface area contributed by atoms with Crippen LogP contribution in [0.25, 0.3) is 11.3 Å². The van der Waals surface area contributed by atoms with Crippen molar-refractivity contribution in [2.24, 2.45) is 0 Å². The molecule has 6 heteroatoms. The van der Waals surface area contributed by atoms with Crippen molar-refractivity contribution in [2.75, 3.05) is 36.5 Å². The molecule has 26 heavy (non-hydrogen) atoms. The number of aromatic amines is 1. The highest BCUT2D eigenvalue weighted by Gasteiger charge is 2.13. The first-order chi connectivity index (χ1) is 12.8. The molecule has 0 aliphatic carbocycles. The number of hydrogen-bond donors (Lipinski definition) is 2.